The first-order valence-electron chi connectivity index (χ1n) is 7.95. The molecule has 3 aromatic rings. The SMILES string of the molecule is Cc1ccc(F)c2[nH]c(C(=O)N3CC=C(c4ccccc4)C3)cc12. The lowest BCUT2D eigenvalue weighted by atomic mass is 10.1. The maximum Gasteiger partial charge on any atom is 0.270 e. The molecule has 1 aromatic heterocycles. The number of hydrogen-bond donors (Lipinski definition) is 1. The zero-order valence-electron chi connectivity index (χ0n) is 13.3. The van der Waals surface area contributed by atoms with Crippen molar-refractivity contribution in [1.29, 1.82) is 0 Å². The van der Waals surface area contributed by atoms with Crippen LogP contribution in [0.15, 0.2) is 54.6 Å². The Bertz CT molecular complexity index is 917. The molecule has 1 aliphatic heterocycles. The molecule has 4 heteroatoms. The average molecular weight is 320 g/mol. The standard InChI is InChI=1S/C20H17FN2O/c1-13-7-8-17(21)19-16(13)11-18(22-19)20(24)23-10-9-15(12-23)14-5-3-2-4-6-14/h2-9,11,22H,10,12H2,1H3. The van der Waals surface area contributed by atoms with Gasteiger partial charge in [-0.1, -0.05) is 42.5 Å². The van der Waals surface area contributed by atoms with E-state index < -0.39 is 0 Å². The molecule has 24 heavy (non-hydrogen) atoms. The monoisotopic (exact) mass is 320 g/mol. The fourth-order valence-electron chi connectivity index (χ4n) is 3.18. The molecule has 0 radical (unpaired) electrons. The molecule has 0 atom stereocenters. The van der Waals surface area contributed by atoms with Crippen molar-refractivity contribution in [1.82, 2.24) is 9.88 Å². The normalized spacial score (nSPS) is 14.2. The summed E-state index contributed by atoms with van der Waals surface area (Å²) in [6.07, 6.45) is 2.07. The molecule has 0 unspecified atom stereocenters. The summed E-state index contributed by atoms with van der Waals surface area (Å²) in [5.41, 5.74) is 4.05. The Hall–Kier alpha value is -2.88. The van der Waals surface area contributed by atoms with Crippen LogP contribution in [0.4, 0.5) is 4.39 Å². The van der Waals surface area contributed by atoms with Gasteiger partial charge in [0.05, 0.1) is 5.52 Å². The first-order valence-corrected chi connectivity index (χ1v) is 7.95. The van der Waals surface area contributed by atoms with Gasteiger partial charge < -0.3 is 9.88 Å². The second kappa shape index (κ2) is 5.64. The third-order valence-corrected chi connectivity index (χ3v) is 4.54. The van der Waals surface area contributed by atoms with E-state index in [4.69, 9.17) is 0 Å². The summed E-state index contributed by atoms with van der Waals surface area (Å²) in [6, 6.07) is 14.9. The van der Waals surface area contributed by atoms with Gasteiger partial charge in [-0.3, -0.25) is 4.79 Å². The Morgan fingerprint density at radius 3 is 2.71 bits per heavy atom. The highest BCUT2D eigenvalue weighted by molar-refractivity contribution is 6.00. The Morgan fingerprint density at radius 2 is 1.96 bits per heavy atom. The summed E-state index contributed by atoms with van der Waals surface area (Å²) >= 11 is 0. The van der Waals surface area contributed by atoms with Gasteiger partial charge in [-0.15, -0.1) is 0 Å². The Kier molecular flexibility index (Phi) is 3.45. The summed E-state index contributed by atoms with van der Waals surface area (Å²) in [4.78, 5) is 17.5. The van der Waals surface area contributed by atoms with E-state index in [1.807, 2.05) is 37.3 Å². The zero-order chi connectivity index (χ0) is 16.7. The molecular weight excluding hydrogens is 303 g/mol. The highest BCUT2D eigenvalue weighted by atomic mass is 19.1. The lowest BCUT2D eigenvalue weighted by Crippen LogP contribution is -2.29. The maximum atomic E-state index is 13.9. The molecule has 2 aromatic carbocycles. The van der Waals surface area contributed by atoms with E-state index in [1.165, 1.54) is 6.07 Å². The van der Waals surface area contributed by atoms with Gasteiger partial charge in [0.25, 0.3) is 5.91 Å². The van der Waals surface area contributed by atoms with Crippen molar-refractivity contribution < 1.29 is 9.18 Å². The third kappa shape index (κ3) is 2.40. The molecule has 0 saturated carbocycles. The van der Waals surface area contributed by atoms with Crippen LogP contribution < -0.4 is 0 Å². The number of aromatic amines is 1. The summed E-state index contributed by atoms with van der Waals surface area (Å²) in [5.74, 6) is -0.439. The lowest BCUT2D eigenvalue weighted by Gasteiger charge is -2.15. The molecule has 1 amide bonds. The molecule has 1 aliphatic rings. The Balaban J connectivity index is 1.60. The van der Waals surface area contributed by atoms with Crippen LogP contribution in [0.25, 0.3) is 16.5 Å². The Morgan fingerprint density at radius 1 is 1.17 bits per heavy atom. The number of aryl methyl sites for hydroxylation is 1. The summed E-state index contributed by atoms with van der Waals surface area (Å²) in [5, 5.41) is 0.758. The molecular formula is C20H17FN2O. The molecule has 2 heterocycles. The van der Waals surface area contributed by atoms with Crippen LogP contribution in [-0.4, -0.2) is 28.9 Å². The molecule has 0 bridgehead atoms. The van der Waals surface area contributed by atoms with E-state index in [0.29, 0.717) is 24.3 Å². The summed E-state index contributed by atoms with van der Waals surface area (Å²) < 4.78 is 13.9. The number of fused-ring (bicyclic) bond motifs is 1. The van der Waals surface area contributed by atoms with Gasteiger partial charge in [0.1, 0.15) is 11.5 Å². The first-order chi connectivity index (χ1) is 11.6. The Labute approximate surface area is 139 Å². The van der Waals surface area contributed by atoms with Gasteiger partial charge in [-0.05, 0) is 35.8 Å². The quantitative estimate of drug-likeness (QED) is 0.756. The number of hydrogen-bond acceptors (Lipinski definition) is 1. The van der Waals surface area contributed by atoms with Crippen LogP contribution in [0.5, 0.6) is 0 Å². The number of carbonyl (C=O) groups excluding carboxylic acids is 1. The van der Waals surface area contributed by atoms with Crippen LogP contribution in [0.3, 0.4) is 0 Å². The van der Waals surface area contributed by atoms with Gasteiger partial charge >= 0.3 is 0 Å². The summed E-state index contributed by atoms with van der Waals surface area (Å²) in [7, 11) is 0. The van der Waals surface area contributed by atoms with Crippen LogP contribution in [-0.2, 0) is 0 Å². The first kappa shape index (κ1) is 14.7. The minimum absolute atomic E-state index is 0.104. The van der Waals surface area contributed by atoms with E-state index in [-0.39, 0.29) is 11.7 Å². The van der Waals surface area contributed by atoms with Crippen molar-refractivity contribution in [3.05, 3.63) is 77.2 Å². The van der Waals surface area contributed by atoms with Crippen molar-refractivity contribution in [3.63, 3.8) is 0 Å². The van der Waals surface area contributed by atoms with E-state index in [0.717, 1.165) is 22.1 Å². The molecule has 0 aliphatic carbocycles. The molecule has 0 saturated heterocycles. The lowest BCUT2D eigenvalue weighted by molar-refractivity contribution is 0.0796. The van der Waals surface area contributed by atoms with Crippen molar-refractivity contribution in [2.75, 3.05) is 13.1 Å². The van der Waals surface area contributed by atoms with Crippen LogP contribution in [0.1, 0.15) is 21.6 Å². The van der Waals surface area contributed by atoms with Gasteiger partial charge in [0.15, 0.2) is 0 Å². The second-order valence-corrected chi connectivity index (χ2v) is 6.12. The summed E-state index contributed by atoms with van der Waals surface area (Å²) in [6.45, 7) is 3.05. The largest absolute Gasteiger partial charge is 0.348 e. The second-order valence-electron chi connectivity index (χ2n) is 6.12. The van der Waals surface area contributed by atoms with Gasteiger partial charge in [0, 0.05) is 18.5 Å². The maximum absolute atomic E-state index is 13.9. The van der Waals surface area contributed by atoms with Gasteiger partial charge in [-0.25, -0.2) is 4.39 Å². The van der Waals surface area contributed by atoms with Crippen LogP contribution in [0.2, 0.25) is 0 Å². The van der Waals surface area contributed by atoms with Crippen LogP contribution >= 0.6 is 0 Å². The predicted molar refractivity (Wildman–Crippen MR) is 93.3 cm³/mol. The number of amides is 1. The molecule has 1 N–H and O–H groups in total. The number of aromatic nitrogens is 1. The van der Waals surface area contributed by atoms with E-state index in [2.05, 4.69) is 11.1 Å². The van der Waals surface area contributed by atoms with Crippen molar-refractivity contribution >= 4 is 22.4 Å². The molecule has 4 rings (SSSR count). The fourth-order valence-corrected chi connectivity index (χ4v) is 3.18. The van der Waals surface area contributed by atoms with Crippen molar-refractivity contribution in [2.45, 2.75) is 6.92 Å². The van der Waals surface area contributed by atoms with E-state index in [9.17, 15) is 9.18 Å². The minimum Gasteiger partial charge on any atom is -0.348 e. The molecule has 3 nitrogen and oxygen atoms in total. The van der Waals surface area contributed by atoms with Gasteiger partial charge in [-0.2, -0.15) is 0 Å². The molecule has 0 fully saturated rings. The highest BCUT2D eigenvalue weighted by Gasteiger charge is 2.23. The molecule has 120 valence electrons. The minimum atomic E-state index is -0.334. The highest BCUT2D eigenvalue weighted by Crippen LogP contribution is 2.25. The number of rotatable bonds is 2. The van der Waals surface area contributed by atoms with E-state index in [1.54, 1.807) is 17.0 Å². The zero-order valence-corrected chi connectivity index (χ0v) is 13.3. The van der Waals surface area contributed by atoms with Crippen LogP contribution in [0, 0.1) is 12.7 Å². The smallest absolute Gasteiger partial charge is 0.270 e. The van der Waals surface area contributed by atoms with Crippen molar-refractivity contribution in [3.8, 4) is 0 Å². The number of carbonyl (C=O) groups is 1. The fraction of sp³-hybridized carbons (Fsp3) is 0.150. The average Bonchev–Trinajstić information content (AvgIpc) is 3.26. The van der Waals surface area contributed by atoms with Gasteiger partial charge in [0.2, 0.25) is 0 Å². The topological polar surface area (TPSA) is 36.1 Å². The third-order valence-electron chi connectivity index (χ3n) is 4.54. The molecule has 0 spiro atoms. The van der Waals surface area contributed by atoms with Crippen molar-refractivity contribution in [2.24, 2.45) is 0 Å². The number of benzene rings is 2. The number of halogens is 1. The number of nitrogens with one attached hydrogen (secondary N) is 1. The predicted octanol–water partition coefficient (Wildman–Crippen LogP) is 4.15. The number of H-pyrrole nitrogens is 1. The number of nitrogens with zero attached hydrogens (tertiary/aromatic N) is 1. The van der Waals surface area contributed by atoms with E-state index >= 15 is 0 Å².